The van der Waals surface area contributed by atoms with E-state index in [-0.39, 0.29) is 6.10 Å². The maximum atomic E-state index is 5.74. The van der Waals surface area contributed by atoms with Crippen LogP contribution in [-0.4, -0.2) is 57.3 Å². The lowest BCUT2D eigenvalue weighted by Crippen LogP contribution is -2.40. The normalized spacial score (nSPS) is 12.6. The molecule has 0 radical (unpaired) electrons. The minimum Gasteiger partial charge on any atom is -0.497 e. The fourth-order valence-electron chi connectivity index (χ4n) is 2.41. The number of aromatic nitrogens is 1. The van der Waals surface area contributed by atoms with E-state index >= 15 is 0 Å². The predicted molar refractivity (Wildman–Crippen MR) is 109 cm³/mol. The Bertz CT molecular complexity index is 735. The molecule has 8 heteroatoms. The number of hydrogen-bond donors (Lipinski definition) is 1. The summed E-state index contributed by atoms with van der Waals surface area (Å²) in [5, 5.41) is 6.34. The fourth-order valence-corrected chi connectivity index (χ4v) is 3.25. The van der Waals surface area contributed by atoms with Gasteiger partial charge in [-0.25, -0.2) is 4.98 Å². The summed E-state index contributed by atoms with van der Waals surface area (Å²) in [6.45, 7) is 3.82. The van der Waals surface area contributed by atoms with Crippen LogP contribution >= 0.6 is 11.3 Å². The number of nitrogens with one attached hydrogen (secondary N) is 1. The second kappa shape index (κ2) is 10.7. The standard InChI is InChI=1S/C19H28N4O3S/c1-14(24-4)18-22-15(13-27-18)12-23(3)19(20-2)21-9-10-26-17-8-6-7-16(11-17)25-5/h6-8,11,13-14H,9-10,12H2,1-5H3,(H,20,21). The van der Waals surface area contributed by atoms with Crippen LogP contribution in [0.4, 0.5) is 0 Å². The molecule has 0 fully saturated rings. The van der Waals surface area contributed by atoms with Gasteiger partial charge in [0, 0.05) is 32.7 Å². The highest BCUT2D eigenvalue weighted by atomic mass is 32.1. The van der Waals surface area contributed by atoms with Crippen molar-refractivity contribution >= 4 is 17.3 Å². The third kappa shape index (κ3) is 6.41. The number of methoxy groups -OCH3 is 2. The van der Waals surface area contributed by atoms with Gasteiger partial charge in [0.2, 0.25) is 0 Å². The largest absolute Gasteiger partial charge is 0.497 e. The van der Waals surface area contributed by atoms with Crippen molar-refractivity contribution in [2.45, 2.75) is 19.6 Å². The van der Waals surface area contributed by atoms with E-state index in [0.29, 0.717) is 19.7 Å². The van der Waals surface area contributed by atoms with Crippen molar-refractivity contribution in [1.29, 1.82) is 0 Å². The van der Waals surface area contributed by atoms with Crippen molar-refractivity contribution in [3.05, 3.63) is 40.3 Å². The highest BCUT2D eigenvalue weighted by Crippen LogP contribution is 2.21. The summed E-state index contributed by atoms with van der Waals surface area (Å²) in [6, 6.07) is 7.56. The number of hydrogen-bond acceptors (Lipinski definition) is 6. The summed E-state index contributed by atoms with van der Waals surface area (Å²) < 4.78 is 16.3. The molecular formula is C19H28N4O3S. The molecule has 0 amide bonds. The number of guanidine groups is 1. The third-order valence-electron chi connectivity index (χ3n) is 3.94. The van der Waals surface area contributed by atoms with Crippen LogP contribution in [0.25, 0.3) is 0 Å². The summed E-state index contributed by atoms with van der Waals surface area (Å²) in [6.07, 6.45) is 0.0141. The molecule has 1 atom stereocenters. The Morgan fingerprint density at radius 2 is 2.11 bits per heavy atom. The average molecular weight is 393 g/mol. The molecule has 2 aromatic rings. The zero-order chi connectivity index (χ0) is 19.6. The lowest BCUT2D eigenvalue weighted by atomic mass is 10.3. The van der Waals surface area contributed by atoms with Crippen molar-refractivity contribution in [2.75, 3.05) is 41.5 Å². The van der Waals surface area contributed by atoms with Crippen LogP contribution in [0.3, 0.4) is 0 Å². The molecule has 0 saturated heterocycles. The average Bonchev–Trinajstić information content (AvgIpc) is 3.15. The van der Waals surface area contributed by atoms with E-state index < -0.39 is 0 Å². The zero-order valence-corrected chi connectivity index (χ0v) is 17.4. The summed E-state index contributed by atoms with van der Waals surface area (Å²) in [4.78, 5) is 11.0. The lowest BCUT2D eigenvalue weighted by Gasteiger charge is -2.21. The number of thiazole rings is 1. The molecule has 0 aliphatic carbocycles. The number of aliphatic imine (C=N–C) groups is 1. The second-order valence-corrected chi connectivity index (χ2v) is 6.80. The Morgan fingerprint density at radius 1 is 1.33 bits per heavy atom. The molecule has 1 aromatic carbocycles. The SMILES string of the molecule is CN=C(NCCOc1cccc(OC)c1)N(C)Cc1csc(C(C)OC)n1. The van der Waals surface area contributed by atoms with Gasteiger partial charge in [-0.3, -0.25) is 4.99 Å². The maximum Gasteiger partial charge on any atom is 0.193 e. The van der Waals surface area contributed by atoms with Crippen molar-refractivity contribution in [1.82, 2.24) is 15.2 Å². The van der Waals surface area contributed by atoms with Crippen molar-refractivity contribution in [2.24, 2.45) is 4.99 Å². The van der Waals surface area contributed by atoms with Gasteiger partial charge in [-0.1, -0.05) is 6.07 Å². The molecule has 7 nitrogen and oxygen atoms in total. The topological polar surface area (TPSA) is 68.2 Å². The van der Waals surface area contributed by atoms with E-state index in [0.717, 1.165) is 28.2 Å². The van der Waals surface area contributed by atoms with Crippen LogP contribution in [0.1, 0.15) is 23.7 Å². The second-order valence-electron chi connectivity index (χ2n) is 5.91. The molecule has 1 heterocycles. The van der Waals surface area contributed by atoms with Gasteiger partial charge in [-0.15, -0.1) is 11.3 Å². The Labute approximate surface area is 165 Å². The fraction of sp³-hybridized carbons (Fsp3) is 0.474. The molecule has 0 saturated carbocycles. The Morgan fingerprint density at radius 3 is 2.81 bits per heavy atom. The van der Waals surface area contributed by atoms with Gasteiger partial charge < -0.3 is 24.4 Å². The molecule has 1 aromatic heterocycles. The first-order valence-electron chi connectivity index (χ1n) is 8.73. The van der Waals surface area contributed by atoms with Crippen LogP contribution in [0.15, 0.2) is 34.6 Å². The van der Waals surface area contributed by atoms with E-state index in [4.69, 9.17) is 14.2 Å². The minimum absolute atomic E-state index is 0.0141. The van der Waals surface area contributed by atoms with Crippen molar-refractivity contribution in [3.8, 4) is 11.5 Å². The first-order valence-corrected chi connectivity index (χ1v) is 9.61. The van der Waals surface area contributed by atoms with Crippen molar-refractivity contribution < 1.29 is 14.2 Å². The van der Waals surface area contributed by atoms with Gasteiger partial charge in [0.15, 0.2) is 5.96 Å². The number of rotatable bonds is 9. The van der Waals surface area contributed by atoms with E-state index in [9.17, 15) is 0 Å². The molecule has 0 aliphatic rings. The highest BCUT2D eigenvalue weighted by molar-refractivity contribution is 7.09. The molecular weight excluding hydrogens is 364 g/mol. The molecule has 0 aliphatic heterocycles. The molecule has 2 rings (SSSR count). The smallest absolute Gasteiger partial charge is 0.193 e. The van der Waals surface area contributed by atoms with Crippen LogP contribution in [0.5, 0.6) is 11.5 Å². The molecule has 0 spiro atoms. The maximum absolute atomic E-state index is 5.74. The van der Waals surface area contributed by atoms with Crippen LogP contribution < -0.4 is 14.8 Å². The quantitative estimate of drug-likeness (QED) is 0.402. The summed E-state index contributed by atoms with van der Waals surface area (Å²) in [5.41, 5.74) is 0.997. The van der Waals surface area contributed by atoms with Gasteiger partial charge in [0.1, 0.15) is 29.2 Å². The first kappa shape index (κ1) is 21.0. The summed E-state index contributed by atoms with van der Waals surface area (Å²) in [7, 11) is 7.08. The number of ether oxygens (including phenoxy) is 3. The summed E-state index contributed by atoms with van der Waals surface area (Å²) >= 11 is 1.61. The highest BCUT2D eigenvalue weighted by Gasteiger charge is 2.12. The van der Waals surface area contributed by atoms with Crippen LogP contribution in [-0.2, 0) is 11.3 Å². The monoisotopic (exact) mass is 392 g/mol. The van der Waals surface area contributed by atoms with Gasteiger partial charge in [0.25, 0.3) is 0 Å². The molecule has 148 valence electrons. The van der Waals surface area contributed by atoms with Gasteiger partial charge in [0.05, 0.1) is 25.9 Å². The lowest BCUT2D eigenvalue weighted by molar-refractivity contribution is 0.119. The minimum atomic E-state index is 0.0141. The van der Waals surface area contributed by atoms with E-state index in [1.54, 1.807) is 32.6 Å². The van der Waals surface area contributed by atoms with E-state index in [1.807, 2.05) is 43.1 Å². The Hall–Kier alpha value is -2.32. The third-order valence-corrected chi connectivity index (χ3v) is 4.99. The first-order chi connectivity index (χ1) is 13.1. The molecule has 27 heavy (non-hydrogen) atoms. The van der Waals surface area contributed by atoms with Crippen LogP contribution in [0, 0.1) is 0 Å². The molecule has 0 bridgehead atoms. The van der Waals surface area contributed by atoms with Crippen LogP contribution in [0.2, 0.25) is 0 Å². The van der Waals surface area contributed by atoms with Crippen molar-refractivity contribution in [3.63, 3.8) is 0 Å². The van der Waals surface area contributed by atoms with E-state index in [1.165, 1.54) is 0 Å². The molecule has 1 unspecified atom stereocenters. The molecule has 1 N–H and O–H groups in total. The van der Waals surface area contributed by atoms with Gasteiger partial charge >= 0.3 is 0 Å². The van der Waals surface area contributed by atoms with Gasteiger partial charge in [-0.2, -0.15) is 0 Å². The zero-order valence-electron chi connectivity index (χ0n) is 16.6. The Balaban J connectivity index is 1.79. The predicted octanol–water partition coefficient (Wildman–Crippen LogP) is 2.95. The number of nitrogens with zero attached hydrogens (tertiary/aromatic N) is 3. The summed E-state index contributed by atoms with van der Waals surface area (Å²) in [5.74, 6) is 2.35. The van der Waals surface area contributed by atoms with Gasteiger partial charge in [-0.05, 0) is 19.1 Å². The Kier molecular flexibility index (Phi) is 8.35. The number of benzene rings is 1. The van der Waals surface area contributed by atoms with E-state index in [2.05, 4.69) is 20.7 Å².